The molecule has 15 heavy (non-hydrogen) atoms. The molecule has 0 bridgehead atoms. The summed E-state index contributed by atoms with van der Waals surface area (Å²) in [6.07, 6.45) is 2.87. The molecule has 1 rings (SSSR count). The molecule has 0 aromatic carbocycles. The molecule has 0 spiro atoms. The van der Waals surface area contributed by atoms with Crippen molar-refractivity contribution in [2.75, 3.05) is 11.9 Å². The van der Waals surface area contributed by atoms with E-state index in [0.29, 0.717) is 17.4 Å². The van der Waals surface area contributed by atoms with Crippen LogP contribution in [-0.2, 0) is 4.74 Å². The Hall–Kier alpha value is -1.29. The third kappa shape index (κ3) is 4.65. The molecule has 0 radical (unpaired) electrons. The minimum Gasteiger partial charge on any atom is -0.449 e. The molecule has 1 aromatic rings. The van der Waals surface area contributed by atoms with Crippen LogP contribution in [0.3, 0.4) is 0 Å². The van der Waals surface area contributed by atoms with Crippen molar-refractivity contribution in [1.82, 2.24) is 4.98 Å². The summed E-state index contributed by atoms with van der Waals surface area (Å²) < 4.78 is 4.91. The topological polar surface area (TPSA) is 51.2 Å². The zero-order valence-electron chi connectivity index (χ0n) is 8.50. The van der Waals surface area contributed by atoms with Gasteiger partial charge in [-0.25, -0.2) is 9.78 Å². The summed E-state index contributed by atoms with van der Waals surface area (Å²) in [7, 11) is 0. The van der Waals surface area contributed by atoms with Gasteiger partial charge in [0.05, 0.1) is 18.5 Å². The Bertz CT molecular complexity index is 314. The molecule has 1 heterocycles. The lowest BCUT2D eigenvalue weighted by Crippen LogP contribution is -2.14. The Labute approximate surface area is 93.6 Å². The van der Waals surface area contributed by atoms with Gasteiger partial charge in [0.2, 0.25) is 0 Å². The lowest BCUT2D eigenvalue weighted by atomic mass is 10.4. The molecule has 0 saturated carbocycles. The van der Waals surface area contributed by atoms with Crippen molar-refractivity contribution < 1.29 is 9.53 Å². The van der Waals surface area contributed by atoms with E-state index in [0.717, 1.165) is 12.8 Å². The number of hydrogen-bond donors (Lipinski definition) is 1. The van der Waals surface area contributed by atoms with Gasteiger partial charge >= 0.3 is 6.09 Å². The fourth-order valence-corrected chi connectivity index (χ4v) is 1.02. The molecule has 0 atom stereocenters. The Kier molecular flexibility index (Phi) is 4.90. The van der Waals surface area contributed by atoms with Crippen molar-refractivity contribution in [1.29, 1.82) is 0 Å². The highest BCUT2D eigenvalue weighted by molar-refractivity contribution is 6.29. The van der Waals surface area contributed by atoms with Crippen LogP contribution in [-0.4, -0.2) is 17.7 Å². The Morgan fingerprint density at radius 2 is 2.40 bits per heavy atom. The van der Waals surface area contributed by atoms with Crippen molar-refractivity contribution in [2.45, 2.75) is 19.8 Å². The smallest absolute Gasteiger partial charge is 0.411 e. The molecule has 0 saturated heterocycles. The standard InChI is InChI=1S/C10H13ClN2O2/c1-2-3-6-15-10(14)13-8-4-5-9(11)12-7-8/h4-5,7H,2-3,6H2,1H3,(H,13,14). The molecule has 0 aliphatic heterocycles. The molecule has 0 unspecified atom stereocenters. The first kappa shape index (κ1) is 11.8. The number of nitrogens with one attached hydrogen (secondary N) is 1. The summed E-state index contributed by atoms with van der Waals surface area (Å²) in [6, 6.07) is 3.26. The van der Waals surface area contributed by atoms with E-state index in [9.17, 15) is 4.79 Å². The lowest BCUT2D eigenvalue weighted by molar-refractivity contribution is 0.160. The Morgan fingerprint density at radius 1 is 1.60 bits per heavy atom. The van der Waals surface area contributed by atoms with E-state index in [4.69, 9.17) is 16.3 Å². The number of rotatable bonds is 4. The van der Waals surface area contributed by atoms with Crippen LogP contribution in [0.15, 0.2) is 18.3 Å². The molecule has 5 heteroatoms. The molecule has 0 aliphatic rings. The van der Waals surface area contributed by atoms with E-state index in [-0.39, 0.29) is 0 Å². The van der Waals surface area contributed by atoms with Crippen molar-refractivity contribution in [3.63, 3.8) is 0 Å². The number of anilines is 1. The number of ether oxygens (including phenoxy) is 1. The maximum absolute atomic E-state index is 11.2. The van der Waals surface area contributed by atoms with Gasteiger partial charge in [0.25, 0.3) is 0 Å². The molecule has 82 valence electrons. The summed E-state index contributed by atoms with van der Waals surface area (Å²) in [6.45, 7) is 2.47. The van der Waals surface area contributed by atoms with Crippen molar-refractivity contribution in [3.8, 4) is 0 Å². The average molecular weight is 229 g/mol. The van der Waals surface area contributed by atoms with Crippen LogP contribution in [0.1, 0.15) is 19.8 Å². The molecule has 1 aromatic heterocycles. The van der Waals surface area contributed by atoms with Crippen molar-refractivity contribution in [2.24, 2.45) is 0 Å². The predicted molar refractivity (Wildman–Crippen MR) is 59.1 cm³/mol. The van der Waals surface area contributed by atoms with Crippen molar-refractivity contribution in [3.05, 3.63) is 23.5 Å². The van der Waals surface area contributed by atoms with Crippen LogP contribution < -0.4 is 5.32 Å². The van der Waals surface area contributed by atoms with Crippen LogP contribution in [0.4, 0.5) is 10.5 Å². The maximum atomic E-state index is 11.2. The van der Waals surface area contributed by atoms with Gasteiger partial charge < -0.3 is 4.74 Å². The predicted octanol–water partition coefficient (Wildman–Crippen LogP) is 3.08. The molecule has 1 N–H and O–H groups in total. The highest BCUT2D eigenvalue weighted by atomic mass is 35.5. The van der Waals surface area contributed by atoms with Crippen LogP contribution >= 0.6 is 11.6 Å². The largest absolute Gasteiger partial charge is 0.449 e. The fraction of sp³-hybridized carbons (Fsp3) is 0.400. The molecular weight excluding hydrogens is 216 g/mol. The number of amides is 1. The van der Waals surface area contributed by atoms with E-state index >= 15 is 0 Å². The number of unbranched alkanes of at least 4 members (excludes halogenated alkanes) is 1. The van der Waals surface area contributed by atoms with Crippen LogP contribution in [0.2, 0.25) is 5.15 Å². The van der Waals surface area contributed by atoms with E-state index in [2.05, 4.69) is 10.3 Å². The van der Waals surface area contributed by atoms with Crippen LogP contribution in [0.5, 0.6) is 0 Å². The fourth-order valence-electron chi connectivity index (χ4n) is 0.913. The maximum Gasteiger partial charge on any atom is 0.411 e. The monoisotopic (exact) mass is 228 g/mol. The number of halogens is 1. The Morgan fingerprint density at radius 3 is 3.00 bits per heavy atom. The molecule has 0 fully saturated rings. The average Bonchev–Trinajstić information content (AvgIpc) is 2.22. The highest BCUT2D eigenvalue weighted by Crippen LogP contribution is 2.09. The number of carbonyl (C=O) groups is 1. The first-order valence-corrected chi connectivity index (χ1v) is 5.15. The van der Waals surface area contributed by atoms with Crippen LogP contribution in [0, 0.1) is 0 Å². The van der Waals surface area contributed by atoms with E-state index < -0.39 is 6.09 Å². The van der Waals surface area contributed by atoms with E-state index in [1.165, 1.54) is 6.20 Å². The second-order valence-electron chi connectivity index (χ2n) is 2.98. The summed E-state index contributed by atoms with van der Waals surface area (Å²) >= 11 is 5.60. The number of carbonyl (C=O) groups excluding carboxylic acids is 1. The summed E-state index contributed by atoms with van der Waals surface area (Å²) in [5.74, 6) is 0. The molecular formula is C10H13ClN2O2. The van der Waals surface area contributed by atoms with Gasteiger partial charge in [-0.05, 0) is 18.6 Å². The second kappa shape index (κ2) is 6.24. The third-order valence-electron chi connectivity index (χ3n) is 1.70. The van der Waals surface area contributed by atoms with Crippen LogP contribution in [0.25, 0.3) is 0 Å². The van der Waals surface area contributed by atoms with Gasteiger partial charge in [0, 0.05) is 0 Å². The second-order valence-corrected chi connectivity index (χ2v) is 3.37. The van der Waals surface area contributed by atoms with Gasteiger partial charge in [-0.1, -0.05) is 24.9 Å². The zero-order chi connectivity index (χ0) is 11.1. The lowest BCUT2D eigenvalue weighted by Gasteiger charge is -2.05. The minimum absolute atomic E-state index is 0.389. The highest BCUT2D eigenvalue weighted by Gasteiger charge is 2.02. The quantitative estimate of drug-likeness (QED) is 0.637. The SMILES string of the molecule is CCCCOC(=O)Nc1ccc(Cl)nc1. The molecule has 1 amide bonds. The zero-order valence-corrected chi connectivity index (χ0v) is 9.25. The van der Waals surface area contributed by atoms with Gasteiger partial charge in [0.1, 0.15) is 5.15 Å². The first-order valence-electron chi connectivity index (χ1n) is 4.77. The summed E-state index contributed by atoms with van der Waals surface area (Å²) in [4.78, 5) is 15.0. The number of hydrogen-bond acceptors (Lipinski definition) is 3. The van der Waals surface area contributed by atoms with E-state index in [1.54, 1.807) is 12.1 Å². The van der Waals surface area contributed by atoms with Gasteiger partial charge in [-0.2, -0.15) is 0 Å². The number of pyridine rings is 1. The normalized spacial score (nSPS) is 9.73. The molecule has 0 aliphatic carbocycles. The van der Waals surface area contributed by atoms with Crippen molar-refractivity contribution >= 4 is 23.4 Å². The third-order valence-corrected chi connectivity index (χ3v) is 1.93. The number of nitrogens with zero attached hydrogens (tertiary/aromatic N) is 1. The summed E-state index contributed by atoms with van der Waals surface area (Å²) in [5.41, 5.74) is 0.570. The Balaban J connectivity index is 2.34. The number of aromatic nitrogens is 1. The van der Waals surface area contributed by atoms with Gasteiger partial charge in [-0.15, -0.1) is 0 Å². The molecule has 4 nitrogen and oxygen atoms in total. The summed E-state index contributed by atoms with van der Waals surface area (Å²) in [5, 5.41) is 2.93. The minimum atomic E-state index is -0.465. The van der Waals surface area contributed by atoms with Gasteiger partial charge in [-0.3, -0.25) is 5.32 Å². The van der Waals surface area contributed by atoms with E-state index in [1.807, 2.05) is 6.92 Å². The van der Waals surface area contributed by atoms with Gasteiger partial charge in [0.15, 0.2) is 0 Å². The first-order chi connectivity index (χ1) is 7.22.